The molecule has 1 aliphatic carbocycles. The third kappa shape index (κ3) is 3.77. The number of aromatic amines is 1. The normalized spacial score (nSPS) is 18.9. The lowest BCUT2D eigenvalue weighted by atomic mass is 10.0. The number of hydrogen-bond acceptors (Lipinski definition) is 6. The molecule has 4 aromatic rings. The number of H-pyrrole nitrogens is 1. The molecule has 7 nitrogen and oxygen atoms in total. The summed E-state index contributed by atoms with van der Waals surface area (Å²) in [7, 11) is 0. The summed E-state index contributed by atoms with van der Waals surface area (Å²) in [6.45, 7) is 1.89. The van der Waals surface area contributed by atoms with E-state index in [0.29, 0.717) is 17.5 Å². The Hall–Kier alpha value is -3.32. The lowest BCUT2D eigenvalue weighted by Gasteiger charge is -2.23. The molecule has 0 radical (unpaired) electrons. The van der Waals surface area contributed by atoms with Crippen molar-refractivity contribution in [2.45, 2.75) is 37.7 Å². The van der Waals surface area contributed by atoms with Crippen molar-refractivity contribution in [3.05, 3.63) is 54.5 Å². The molecule has 2 fully saturated rings. The van der Waals surface area contributed by atoms with Crippen LogP contribution in [0.15, 0.2) is 48.9 Å². The molecule has 2 aliphatic rings. The molecule has 156 valence electrons. The Balaban J connectivity index is 1.34. The van der Waals surface area contributed by atoms with E-state index in [1.165, 1.54) is 18.4 Å². The van der Waals surface area contributed by atoms with E-state index in [2.05, 4.69) is 49.7 Å². The predicted octanol–water partition coefficient (Wildman–Crippen LogP) is 4.09. The number of nitrogens with zero attached hydrogens (tertiary/aromatic N) is 4. The van der Waals surface area contributed by atoms with Gasteiger partial charge in [0.15, 0.2) is 0 Å². The molecule has 1 aliphatic heterocycles. The molecule has 0 bridgehead atoms. The Morgan fingerprint density at radius 1 is 1.00 bits per heavy atom. The van der Waals surface area contributed by atoms with Crippen molar-refractivity contribution in [1.29, 1.82) is 0 Å². The minimum Gasteiger partial charge on any atom is -0.472 e. The van der Waals surface area contributed by atoms with Crippen LogP contribution in [0.1, 0.15) is 37.2 Å². The zero-order valence-electron chi connectivity index (χ0n) is 17.2. The van der Waals surface area contributed by atoms with E-state index in [1.54, 1.807) is 12.4 Å². The lowest BCUT2D eigenvalue weighted by molar-refractivity contribution is 0.160. The van der Waals surface area contributed by atoms with Gasteiger partial charge in [-0.3, -0.25) is 15.1 Å². The van der Waals surface area contributed by atoms with E-state index < -0.39 is 0 Å². The standard InChI is InChI=1S/C24H24N6O/c1-2-18(12-25-8-1)31-23-14-26-13-22(28-23)24-19-10-17(5-6-20(19)29-30-24)21-11-16(7-9-27-21)15-3-4-15/h5-7,9-11,13-15,18,25H,1-4,8,12H2,(H,29,30)/t18-/m1/s1. The summed E-state index contributed by atoms with van der Waals surface area (Å²) in [6.07, 6.45) is 10.2. The molecule has 1 saturated carbocycles. The smallest absolute Gasteiger partial charge is 0.233 e. The first kappa shape index (κ1) is 18.4. The fraction of sp³-hybridized carbons (Fsp3) is 0.333. The molecule has 0 spiro atoms. The molecule has 1 atom stereocenters. The SMILES string of the molecule is c1cc(C2CC2)cc(-c2ccc3[nH]nc(-c4cncc(O[C@@H]5CCCNC5)n4)c3c2)n1. The van der Waals surface area contributed by atoms with Gasteiger partial charge < -0.3 is 10.1 Å². The minimum absolute atomic E-state index is 0.130. The van der Waals surface area contributed by atoms with Gasteiger partial charge in [0.1, 0.15) is 17.5 Å². The van der Waals surface area contributed by atoms with Gasteiger partial charge in [-0.15, -0.1) is 0 Å². The van der Waals surface area contributed by atoms with Gasteiger partial charge in [-0.1, -0.05) is 6.07 Å². The first-order chi connectivity index (χ1) is 15.3. The second kappa shape index (κ2) is 7.74. The van der Waals surface area contributed by atoms with Crippen LogP contribution in [-0.4, -0.2) is 44.3 Å². The highest BCUT2D eigenvalue weighted by molar-refractivity contribution is 5.94. The average Bonchev–Trinajstić information content (AvgIpc) is 3.59. The molecule has 6 rings (SSSR count). The zero-order chi connectivity index (χ0) is 20.6. The van der Waals surface area contributed by atoms with E-state index in [9.17, 15) is 0 Å². The van der Waals surface area contributed by atoms with Gasteiger partial charge in [-0.05, 0) is 68.0 Å². The van der Waals surface area contributed by atoms with Crippen LogP contribution in [0.25, 0.3) is 33.5 Å². The van der Waals surface area contributed by atoms with Gasteiger partial charge in [0.25, 0.3) is 0 Å². The topological polar surface area (TPSA) is 88.6 Å². The number of piperidine rings is 1. The maximum absolute atomic E-state index is 6.06. The van der Waals surface area contributed by atoms with Crippen LogP contribution in [0.3, 0.4) is 0 Å². The Morgan fingerprint density at radius 2 is 1.97 bits per heavy atom. The molecule has 3 aromatic heterocycles. The number of ether oxygens (including phenoxy) is 1. The van der Waals surface area contributed by atoms with E-state index in [4.69, 9.17) is 9.72 Å². The molecule has 0 unspecified atom stereocenters. The minimum atomic E-state index is 0.130. The van der Waals surface area contributed by atoms with Crippen molar-refractivity contribution in [3.63, 3.8) is 0 Å². The summed E-state index contributed by atoms with van der Waals surface area (Å²) in [5.74, 6) is 1.24. The van der Waals surface area contributed by atoms with Crippen LogP contribution in [0.2, 0.25) is 0 Å². The van der Waals surface area contributed by atoms with Crippen molar-refractivity contribution in [1.82, 2.24) is 30.5 Å². The highest BCUT2D eigenvalue weighted by atomic mass is 16.5. The number of pyridine rings is 1. The lowest BCUT2D eigenvalue weighted by Crippen LogP contribution is -2.37. The number of hydrogen-bond donors (Lipinski definition) is 2. The Labute approximate surface area is 180 Å². The van der Waals surface area contributed by atoms with Crippen LogP contribution in [0.4, 0.5) is 0 Å². The predicted molar refractivity (Wildman–Crippen MR) is 119 cm³/mol. The maximum atomic E-state index is 6.06. The Morgan fingerprint density at radius 3 is 2.84 bits per heavy atom. The molecule has 0 amide bonds. The first-order valence-corrected chi connectivity index (χ1v) is 11.0. The molecule has 1 saturated heterocycles. The highest BCUT2D eigenvalue weighted by Crippen LogP contribution is 2.41. The van der Waals surface area contributed by atoms with Crippen molar-refractivity contribution in [3.8, 4) is 28.5 Å². The van der Waals surface area contributed by atoms with Crippen LogP contribution < -0.4 is 10.1 Å². The summed E-state index contributed by atoms with van der Waals surface area (Å²) < 4.78 is 6.06. The van der Waals surface area contributed by atoms with Crippen LogP contribution in [0, 0.1) is 0 Å². The molecular weight excluding hydrogens is 388 g/mol. The Kier molecular flexibility index (Phi) is 4.61. The summed E-state index contributed by atoms with van der Waals surface area (Å²) in [5, 5.41) is 12.0. The highest BCUT2D eigenvalue weighted by Gasteiger charge is 2.24. The quantitative estimate of drug-likeness (QED) is 0.513. The first-order valence-electron chi connectivity index (χ1n) is 11.0. The van der Waals surface area contributed by atoms with Crippen molar-refractivity contribution in [2.75, 3.05) is 13.1 Å². The van der Waals surface area contributed by atoms with Crippen molar-refractivity contribution in [2.24, 2.45) is 0 Å². The molecule has 31 heavy (non-hydrogen) atoms. The average molecular weight is 412 g/mol. The third-order valence-corrected chi connectivity index (χ3v) is 6.09. The Bertz CT molecular complexity index is 1230. The monoisotopic (exact) mass is 412 g/mol. The van der Waals surface area contributed by atoms with Crippen molar-refractivity contribution < 1.29 is 4.74 Å². The van der Waals surface area contributed by atoms with E-state index >= 15 is 0 Å². The maximum Gasteiger partial charge on any atom is 0.233 e. The largest absolute Gasteiger partial charge is 0.472 e. The van der Waals surface area contributed by atoms with Crippen LogP contribution in [-0.2, 0) is 0 Å². The summed E-state index contributed by atoms with van der Waals surface area (Å²) in [6, 6.07) is 10.6. The number of aromatic nitrogens is 5. The van der Waals surface area contributed by atoms with Crippen LogP contribution in [0.5, 0.6) is 5.88 Å². The van der Waals surface area contributed by atoms with Gasteiger partial charge >= 0.3 is 0 Å². The number of nitrogens with one attached hydrogen (secondary N) is 2. The fourth-order valence-electron chi connectivity index (χ4n) is 4.25. The third-order valence-electron chi connectivity index (χ3n) is 6.09. The van der Waals surface area contributed by atoms with E-state index in [-0.39, 0.29) is 6.10 Å². The van der Waals surface area contributed by atoms with Crippen LogP contribution >= 0.6 is 0 Å². The number of benzene rings is 1. The van der Waals surface area contributed by atoms with Gasteiger partial charge in [-0.2, -0.15) is 5.10 Å². The van der Waals surface area contributed by atoms with Gasteiger partial charge in [0, 0.05) is 23.7 Å². The molecule has 2 N–H and O–H groups in total. The van der Waals surface area contributed by atoms with E-state index in [0.717, 1.165) is 53.8 Å². The molecular formula is C24H24N6O. The van der Waals surface area contributed by atoms with E-state index in [1.807, 2.05) is 12.3 Å². The van der Waals surface area contributed by atoms with Gasteiger partial charge in [0.05, 0.1) is 23.6 Å². The fourth-order valence-corrected chi connectivity index (χ4v) is 4.25. The van der Waals surface area contributed by atoms with Crippen molar-refractivity contribution >= 4 is 10.9 Å². The second-order valence-electron chi connectivity index (χ2n) is 8.41. The van der Waals surface area contributed by atoms with Gasteiger partial charge in [-0.25, -0.2) is 4.98 Å². The zero-order valence-corrected chi connectivity index (χ0v) is 17.2. The number of rotatable bonds is 5. The summed E-state index contributed by atoms with van der Waals surface area (Å²) >= 11 is 0. The molecule has 7 heteroatoms. The molecule has 1 aromatic carbocycles. The molecule has 4 heterocycles. The second-order valence-corrected chi connectivity index (χ2v) is 8.41. The summed E-state index contributed by atoms with van der Waals surface area (Å²) in [4.78, 5) is 13.7. The van der Waals surface area contributed by atoms with Gasteiger partial charge in [0.2, 0.25) is 5.88 Å². The summed E-state index contributed by atoms with van der Waals surface area (Å²) in [5.41, 5.74) is 5.88. The number of fused-ring (bicyclic) bond motifs is 1.